The monoisotopic (exact) mass is 492 g/mol. The van der Waals surface area contributed by atoms with Crippen molar-refractivity contribution in [3.63, 3.8) is 0 Å². The van der Waals surface area contributed by atoms with Crippen LogP contribution >= 0.6 is 0 Å². The van der Waals surface area contributed by atoms with Crippen LogP contribution in [0.1, 0.15) is 23.3 Å². The van der Waals surface area contributed by atoms with Gasteiger partial charge in [0.15, 0.2) is 0 Å². The summed E-state index contributed by atoms with van der Waals surface area (Å²) in [5.41, 5.74) is 1.70. The zero-order valence-corrected chi connectivity index (χ0v) is 19.4. The Balaban J connectivity index is 1.79. The second-order valence-electron chi connectivity index (χ2n) is 7.76. The highest BCUT2D eigenvalue weighted by Gasteiger charge is 2.42. The van der Waals surface area contributed by atoms with Crippen LogP contribution in [-0.4, -0.2) is 16.8 Å². The van der Waals surface area contributed by atoms with Crippen LogP contribution in [0.25, 0.3) is 11.1 Å². The first-order chi connectivity index (χ1) is 16.4. The zero-order valence-electron chi connectivity index (χ0n) is 17.8. The molecule has 1 aliphatic rings. The Morgan fingerprint density at radius 3 is 1.50 bits per heavy atom. The van der Waals surface area contributed by atoms with Gasteiger partial charge < -0.3 is 0 Å². The van der Waals surface area contributed by atoms with Crippen molar-refractivity contribution in [3.05, 3.63) is 120 Å². The second-order valence-corrected chi connectivity index (χ2v) is 10.8. The fourth-order valence-corrected chi connectivity index (χ4v) is 7.17. The van der Waals surface area contributed by atoms with Crippen LogP contribution in [0.5, 0.6) is 0 Å². The lowest BCUT2D eigenvalue weighted by atomic mass is 9.98. The van der Waals surface area contributed by atoms with E-state index in [4.69, 9.17) is 8.37 Å². The quantitative estimate of drug-likeness (QED) is 0.363. The smallest absolute Gasteiger partial charge is 0.255 e. The number of rotatable bonds is 3. The van der Waals surface area contributed by atoms with Gasteiger partial charge in [0, 0.05) is 5.56 Å². The molecule has 0 aliphatic carbocycles. The minimum atomic E-state index is -4.55. The SMILES string of the molecule is O=S1(=O)OC(c2ccccc2)C(c2ccccc2)OS(=O)(=O)c2c(-c3ccccc3)cccc21. The topological polar surface area (TPSA) is 86.7 Å². The molecule has 0 radical (unpaired) electrons. The first-order valence-corrected chi connectivity index (χ1v) is 13.3. The van der Waals surface area contributed by atoms with E-state index in [-0.39, 0.29) is 5.56 Å². The van der Waals surface area contributed by atoms with Crippen molar-refractivity contribution in [1.29, 1.82) is 0 Å². The predicted molar refractivity (Wildman–Crippen MR) is 127 cm³/mol. The van der Waals surface area contributed by atoms with Gasteiger partial charge in [0.05, 0.1) is 0 Å². The van der Waals surface area contributed by atoms with Crippen LogP contribution in [0.4, 0.5) is 0 Å². The normalized spacial score (nSPS) is 21.1. The van der Waals surface area contributed by atoms with Crippen LogP contribution in [0, 0.1) is 0 Å². The lowest BCUT2D eigenvalue weighted by Crippen LogP contribution is -2.28. The highest BCUT2D eigenvalue weighted by molar-refractivity contribution is 7.90. The summed E-state index contributed by atoms with van der Waals surface area (Å²) in [7, 11) is -9.05. The van der Waals surface area contributed by atoms with Crippen molar-refractivity contribution < 1.29 is 25.2 Å². The molecule has 6 nitrogen and oxygen atoms in total. The third kappa shape index (κ3) is 4.17. The number of fused-ring (bicyclic) bond motifs is 1. The number of hydrogen-bond donors (Lipinski definition) is 0. The number of hydrogen-bond acceptors (Lipinski definition) is 6. The number of benzene rings is 4. The lowest BCUT2D eigenvalue weighted by molar-refractivity contribution is 0.0584. The van der Waals surface area contributed by atoms with E-state index in [0.717, 1.165) is 0 Å². The average Bonchev–Trinajstić information content (AvgIpc) is 2.87. The molecule has 172 valence electrons. The van der Waals surface area contributed by atoms with Crippen molar-refractivity contribution >= 4 is 20.2 Å². The average molecular weight is 493 g/mol. The molecular formula is C26H20O6S2. The first-order valence-electron chi connectivity index (χ1n) is 10.5. The van der Waals surface area contributed by atoms with E-state index in [1.54, 1.807) is 97.1 Å². The maximum atomic E-state index is 13.7. The van der Waals surface area contributed by atoms with E-state index in [9.17, 15) is 16.8 Å². The minimum absolute atomic E-state index is 0.218. The van der Waals surface area contributed by atoms with Gasteiger partial charge in [-0.3, -0.25) is 8.37 Å². The van der Waals surface area contributed by atoms with Gasteiger partial charge in [-0.15, -0.1) is 0 Å². The Morgan fingerprint density at radius 2 is 0.971 bits per heavy atom. The van der Waals surface area contributed by atoms with E-state index >= 15 is 0 Å². The van der Waals surface area contributed by atoms with Crippen molar-refractivity contribution in [2.45, 2.75) is 22.0 Å². The Hall–Kier alpha value is -3.30. The molecule has 2 atom stereocenters. The van der Waals surface area contributed by atoms with Crippen LogP contribution in [0.3, 0.4) is 0 Å². The van der Waals surface area contributed by atoms with Gasteiger partial charge in [-0.2, -0.15) is 16.8 Å². The maximum Gasteiger partial charge on any atom is 0.299 e. The standard InChI is InChI=1S/C26H20O6S2/c27-33(28)23-18-10-17-22(19-11-4-1-5-12-19)26(23)34(29,30)32-25(21-15-8-3-9-16-21)24(31-33)20-13-6-2-7-14-20/h1-18,24-25H. The Kier molecular flexibility index (Phi) is 5.83. The summed E-state index contributed by atoms with van der Waals surface area (Å²) in [6, 6.07) is 30.1. The Morgan fingerprint density at radius 1 is 0.500 bits per heavy atom. The molecule has 0 N–H and O–H groups in total. The molecule has 8 heteroatoms. The second kappa shape index (κ2) is 8.81. The fraction of sp³-hybridized carbons (Fsp3) is 0.0769. The van der Waals surface area contributed by atoms with Crippen LogP contribution in [0.2, 0.25) is 0 Å². The van der Waals surface area contributed by atoms with Gasteiger partial charge in [0.2, 0.25) is 0 Å². The van der Waals surface area contributed by atoms with Gasteiger partial charge in [0.1, 0.15) is 22.0 Å². The summed E-state index contributed by atoms with van der Waals surface area (Å²) < 4.78 is 66.1. The molecule has 0 amide bonds. The molecule has 0 aromatic heterocycles. The van der Waals surface area contributed by atoms with Crippen LogP contribution < -0.4 is 0 Å². The molecule has 0 saturated carbocycles. The lowest BCUT2D eigenvalue weighted by Gasteiger charge is -2.30. The highest BCUT2D eigenvalue weighted by atomic mass is 32.2. The van der Waals surface area contributed by atoms with Gasteiger partial charge in [0.25, 0.3) is 20.2 Å². The van der Waals surface area contributed by atoms with Crippen molar-refractivity contribution in [1.82, 2.24) is 0 Å². The molecule has 4 aromatic carbocycles. The maximum absolute atomic E-state index is 13.7. The molecule has 1 aliphatic heterocycles. The van der Waals surface area contributed by atoms with E-state index in [1.807, 2.05) is 0 Å². The predicted octanol–water partition coefficient (Wildman–Crippen LogP) is 5.26. The summed E-state index contributed by atoms with van der Waals surface area (Å²) in [6.07, 6.45) is -2.46. The van der Waals surface area contributed by atoms with E-state index in [0.29, 0.717) is 16.7 Å². The summed E-state index contributed by atoms with van der Waals surface area (Å²) in [6.45, 7) is 0. The summed E-state index contributed by atoms with van der Waals surface area (Å²) in [4.78, 5) is -0.894. The first kappa shape index (κ1) is 22.5. The molecule has 0 saturated heterocycles. The van der Waals surface area contributed by atoms with Crippen molar-refractivity contribution in [3.8, 4) is 11.1 Å². The molecule has 4 aromatic rings. The van der Waals surface area contributed by atoms with Gasteiger partial charge >= 0.3 is 0 Å². The molecule has 0 spiro atoms. The van der Waals surface area contributed by atoms with Crippen LogP contribution in [0.15, 0.2) is 119 Å². The van der Waals surface area contributed by atoms with Gasteiger partial charge in [-0.05, 0) is 22.8 Å². The summed E-state index contributed by atoms with van der Waals surface area (Å²) >= 11 is 0. The molecule has 0 bridgehead atoms. The molecular weight excluding hydrogens is 472 g/mol. The largest absolute Gasteiger partial charge is 0.299 e. The Labute approximate surface area is 198 Å². The zero-order chi connectivity index (χ0) is 23.8. The minimum Gasteiger partial charge on any atom is -0.255 e. The third-order valence-electron chi connectivity index (χ3n) is 5.57. The highest BCUT2D eigenvalue weighted by Crippen LogP contribution is 2.45. The molecule has 2 unspecified atom stereocenters. The molecule has 34 heavy (non-hydrogen) atoms. The summed E-state index contributed by atoms with van der Waals surface area (Å²) in [5.74, 6) is 0. The third-order valence-corrected chi connectivity index (χ3v) is 8.44. The van der Waals surface area contributed by atoms with Gasteiger partial charge in [-0.1, -0.05) is 103 Å². The molecule has 1 heterocycles. The molecule has 0 fully saturated rings. The van der Waals surface area contributed by atoms with Gasteiger partial charge in [-0.25, -0.2) is 0 Å². The van der Waals surface area contributed by atoms with Crippen LogP contribution in [-0.2, 0) is 28.6 Å². The van der Waals surface area contributed by atoms with E-state index in [1.165, 1.54) is 12.1 Å². The molecule has 5 rings (SSSR count). The summed E-state index contributed by atoms with van der Waals surface area (Å²) in [5, 5.41) is 0. The van der Waals surface area contributed by atoms with Crippen molar-refractivity contribution in [2.75, 3.05) is 0 Å². The van der Waals surface area contributed by atoms with Crippen molar-refractivity contribution in [2.24, 2.45) is 0 Å². The van der Waals surface area contributed by atoms with E-state index in [2.05, 4.69) is 0 Å². The van der Waals surface area contributed by atoms with E-state index < -0.39 is 42.2 Å². The Bertz CT molecular complexity index is 1520. The fourth-order valence-electron chi connectivity index (χ4n) is 4.04.